The number of aromatic nitrogens is 2. The number of urea groups is 1. The van der Waals surface area contributed by atoms with E-state index in [-0.39, 0.29) is 5.69 Å². The summed E-state index contributed by atoms with van der Waals surface area (Å²) in [5.74, 6) is 0. The summed E-state index contributed by atoms with van der Waals surface area (Å²) in [7, 11) is 0. The van der Waals surface area contributed by atoms with Gasteiger partial charge in [-0.2, -0.15) is 18.3 Å². The van der Waals surface area contributed by atoms with Gasteiger partial charge in [-0.1, -0.05) is 17.7 Å². The van der Waals surface area contributed by atoms with E-state index in [1.807, 2.05) is 12.1 Å². The molecule has 1 aromatic heterocycles. The fourth-order valence-electron chi connectivity index (χ4n) is 2.94. The second-order valence-corrected chi connectivity index (χ2v) is 6.84. The predicted octanol–water partition coefficient (Wildman–Crippen LogP) is 6.34. The van der Waals surface area contributed by atoms with E-state index in [4.69, 9.17) is 11.6 Å². The summed E-state index contributed by atoms with van der Waals surface area (Å²) in [6.45, 7) is 0. The third-order valence-electron chi connectivity index (χ3n) is 4.40. The first-order chi connectivity index (χ1) is 14.3. The van der Waals surface area contributed by atoms with Gasteiger partial charge in [0.25, 0.3) is 0 Å². The number of hydrogen-bond acceptors (Lipinski definition) is 2. The molecule has 9 heteroatoms. The van der Waals surface area contributed by atoms with Crippen molar-refractivity contribution in [2.45, 2.75) is 6.18 Å². The van der Waals surface area contributed by atoms with Crippen LogP contribution in [0, 0.1) is 0 Å². The number of carbonyl (C=O) groups is 1. The Morgan fingerprint density at radius 1 is 0.900 bits per heavy atom. The van der Waals surface area contributed by atoms with Crippen molar-refractivity contribution in [3.63, 3.8) is 0 Å². The van der Waals surface area contributed by atoms with E-state index >= 15 is 0 Å². The van der Waals surface area contributed by atoms with Crippen LogP contribution in [0.4, 0.5) is 29.3 Å². The molecule has 4 rings (SSSR count). The van der Waals surface area contributed by atoms with Crippen LogP contribution in [-0.2, 0) is 6.18 Å². The van der Waals surface area contributed by atoms with Crippen molar-refractivity contribution in [1.29, 1.82) is 0 Å². The lowest BCUT2D eigenvalue weighted by Gasteiger charge is -2.10. The second kappa shape index (κ2) is 7.72. The number of nitrogens with one attached hydrogen (secondary N) is 2. The zero-order valence-corrected chi connectivity index (χ0v) is 16.0. The minimum absolute atomic E-state index is 0.247. The van der Waals surface area contributed by atoms with Crippen LogP contribution in [-0.4, -0.2) is 15.8 Å². The first kappa shape index (κ1) is 19.8. The predicted molar refractivity (Wildman–Crippen MR) is 110 cm³/mol. The largest absolute Gasteiger partial charge is 0.416 e. The van der Waals surface area contributed by atoms with Gasteiger partial charge in [0.1, 0.15) is 0 Å². The van der Waals surface area contributed by atoms with E-state index in [1.54, 1.807) is 41.2 Å². The third-order valence-corrected chi connectivity index (χ3v) is 4.73. The highest BCUT2D eigenvalue weighted by atomic mass is 35.5. The number of nitrogens with zero attached hydrogens (tertiary/aromatic N) is 2. The minimum Gasteiger partial charge on any atom is -0.308 e. The quantitative estimate of drug-likeness (QED) is 0.398. The Labute approximate surface area is 174 Å². The van der Waals surface area contributed by atoms with Gasteiger partial charge in [0.2, 0.25) is 0 Å². The molecule has 30 heavy (non-hydrogen) atoms. The smallest absolute Gasteiger partial charge is 0.308 e. The number of benzene rings is 3. The number of hydrogen-bond donors (Lipinski definition) is 2. The Morgan fingerprint density at radius 3 is 2.10 bits per heavy atom. The van der Waals surface area contributed by atoms with Gasteiger partial charge in [-0.15, -0.1) is 0 Å². The van der Waals surface area contributed by atoms with Gasteiger partial charge < -0.3 is 10.6 Å². The molecule has 2 amide bonds. The molecule has 0 atom stereocenters. The lowest BCUT2D eigenvalue weighted by Crippen LogP contribution is -2.19. The lowest BCUT2D eigenvalue weighted by molar-refractivity contribution is -0.137. The van der Waals surface area contributed by atoms with Gasteiger partial charge >= 0.3 is 12.2 Å². The molecule has 0 saturated carbocycles. The molecule has 0 bridgehead atoms. The van der Waals surface area contributed by atoms with Gasteiger partial charge in [0.15, 0.2) is 0 Å². The number of rotatable bonds is 3. The Bertz CT molecular complexity index is 1200. The van der Waals surface area contributed by atoms with Crippen molar-refractivity contribution < 1.29 is 18.0 Å². The fourth-order valence-corrected chi connectivity index (χ4v) is 3.16. The summed E-state index contributed by atoms with van der Waals surface area (Å²) in [5.41, 5.74) is 1.61. The molecule has 0 spiro atoms. The van der Waals surface area contributed by atoms with Crippen LogP contribution in [0.15, 0.2) is 72.9 Å². The van der Waals surface area contributed by atoms with E-state index in [0.29, 0.717) is 10.7 Å². The van der Waals surface area contributed by atoms with Crippen molar-refractivity contribution >= 4 is 39.9 Å². The van der Waals surface area contributed by atoms with Crippen molar-refractivity contribution in [2.24, 2.45) is 0 Å². The molecule has 152 valence electrons. The van der Waals surface area contributed by atoms with E-state index in [1.165, 1.54) is 12.1 Å². The monoisotopic (exact) mass is 430 g/mol. The molecule has 2 N–H and O–H groups in total. The maximum Gasteiger partial charge on any atom is 0.416 e. The van der Waals surface area contributed by atoms with Gasteiger partial charge in [-0.25, -0.2) is 9.48 Å². The first-order valence-corrected chi connectivity index (χ1v) is 9.17. The van der Waals surface area contributed by atoms with Crippen LogP contribution < -0.4 is 10.6 Å². The first-order valence-electron chi connectivity index (χ1n) is 8.79. The molecule has 3 aromatic carbocycles. The van der Waals surface area contributed by atoms with Gasteiger partial charge in [0, 0.05) is 16.8 Å². The molecule has 0 radical (unpaired) electrons. The van der Waals surface area contributed by atoms with Crippen LogP contribution in [0.3, 0.4) is 0 Å². The molecule has 0 aliphatic carbocycles. The number of carbonyl (C=O) groups excluding carboxylic acids is 1. The third kappa shape index (κ3) is 4.08. The van der Waals surface area contributed by atoms with Crippen LogP contribution in [0.25, 0.3) is 16.6 Å². The highest BCUT2D eigenvalue weighted by molar-refractivity contribution is 6.35. The van der Waals surface area contributed by atoms with Gasteiger partial charge in [0.05, 0.1) is 28.0 Å². The fraction of sp³-hybridized carbons (Fsp3) is 0.0476. The zero-order chi connectivity index (χ0) is 21.3. The molecule has 4 aromatic rings. The molecular weight excluding hydrogens is 417 g/mol. The Hall–Kier alpha value is -3.52. The molecule has 0 saturated heterocycles. The zero-order valence-electron chi connectivity index (χ0n) is 15.2. The van der Waals surface area contributed by atoms with Crippen LogP contribution >= 0.6 is 11.6 Å². The number of anilines is 2. The summed E-state index contributed by atoms with van der Waals surface area (Å²) < 4.78 is 39.5. The number of amides is 2. The van der Waals surface area contributed by atoms with E-state index in [2.05, 4.69) is 15.7 Å². The Balaban J connectivity index is 1.44. The van der Waals surface area contributed by atoms with E-state index in [9.17, 15) is 18.0 Å². The molecule has 0 aliphatic rings. The molecule has 1 heterocycles. The highest BCUT2D eigenvalue weighted by Gasteiger charge is 2.29. The Kier molecular flexibility index (Phi) is 5.09. The molecular formula is C21H14ClF3N4O. The van der Waals surface area contributed by atoms with Gasteiger partial charge in [-0.05, 0) is 60.7 Å². The minimum atomic E-state index is -4.42. The molecule has 5 nitrogen and oxygen atoms in total. The van der Waals surface area contributed by atoms with Crippen LogP contribution in [0.5, 0.6) is 0 Å². The second-order valence-electron chi connectivity index (χ2n) is 6.43. The normalized spacial score (nSPS) is 11.5. The maximum atomic E-state index is 12.6. The summed E-state index contributed by atoms with van der Waals surface area (Å²) in [4.78, 5) is 12.1. The van der Waals surface area contributed by atoms with Crippen molar-refractivity contribution in [2.75, 3.05) is 10.6 Å². The summed E-state index contributed by atoms with van der Waals surface area (Å²) in [6.07, 6.45) is -2.74. The standard InChI is InChI=1S/C21H14ClF3N4O/c22-18-2-1-3-19-17(18)12-26-29(19)16-10-8-15(9-11-16)28-20(30)27-14-6-4-13(5-7-14)21(23,24)25/h1-12H,(H2,27,28,30). The van der Waals surface area contributed by atoms with Crippen molar-refractivity contribution in [3.8, 4) is 5.69 Å². The Morgan fingerprint density at radius 2 is 1.50 bits per heavy atom. The average Bonchev–Trinajstić information content (AvgIpc) is 3.14. The number of halogens is 4. The van der Waals surface area contributed by atoms with Crippen LogP contribution in [0.2, 0.25) is 5.02 Å². The van der Waals surface area contributed by atoms with E-state index < -0.39 is 17.8 Å². The number of fused-ring (bicyclic) bond motifs is 1. The summed E-state index contributed by atoms with van der Waals surface area (Å²) in [6, 6.07) is 16.1. The van der Waals surface area contributed by atoms with Crippen molar-refractivity contribution in [3.05, 3.63) is 83.5 Å². The topological polar surface area (TPSA) is 59.0 Å². The summed E-state index contributed by atoms with van der Waals surface area (Å²) in [5, 5.41) is 10.9. The summed E-state index contributed by atoms with van der Waals surface area (Å²) >= 11 is 6.17. The number of alkyl halides is 3. The van der Waals surface area contributed by atoms with Crippen LogP contribution in [0.1, 0.15) is 5.56 Å². The molecule has 0 aliphatic heterocycles. The molecule has 0 unspecified atom stereocenters. The SMILES string of the molecule is O=C(Nc1ccc(-n2ncc3c(Cl)cccc32)cc1)Nc1ccc(C(F)(F)F)cc1. The van der Waals surface area contributed by atoms with E-state index in [0.717, 1.165) is 28.7 Å². The maximum absolute atomic E-state index is 12.6. The molecule has 0 fully saturated rings. The lowest BCUT2D eigenvalue weighted by atomic mass is 10.2. The van der Waals surface area contributed by atoms with Gasteiger partial charge in [-0.3, -0.25) is 0 Å². The van der Waals surface area contributed by atoms with Crippen molar-refractivity contribution in [1.82, 2.24) is 9.78 Å². The highest BCUT2D eigenvalue weighted by Crippen LogP contribution is 2.30. The average molecular weight is 431 g/mol.